The molecular formula is C15H19N3O2. The molecule has 20 heavy (non-hydrogen) atoms. The molecule has 0 spiro atoms. The molecule has 2 rings (SSSR count). The normalized spacial score (nSPS) is 10.6. The van der Waals surface area contributed by atoms with E-state index in [2.05, 4.69) is 29.4 Å². The summed E-state index contributed by atoms with van der Waals surface area (Å²) in [7, 11) is 1.61. The van der Waals surface area contributed by atoms with Crippen LogP contribution in [0.15, 0.2) is 36.4 Å². The Balaban J connectivity index is 2.03. The average molecular weight is 273 g/mol. The number of nitrogens with one attached hydrogen (secondary N) is 1. The summed E-state index contributed by atoms with van der Waals surface area (Å²) in [5.74, 6) is 1.74. The largest absolute Gasteiger partial charge is 0.493 e. The van der Waals surface area contributed by atoms with E-state index in [1.54, 1.807) is 13.2 Å². The second-order valence-electron chi connectivity index (χ2n) is 4.65. The summed E-state index contributed by atoms with van der Waals surface area (Å²) >= 11 is 0. The van der Waals surface area contributed by atoms with Crippen LogP contribution in [0.2, 0.25) is 0 Å². The van der Waals surface area contributed by atoms with Gasteiger partial charge in [-0.05, 0) is 18.2 Å². The highest BCUT2D eigenvalue weighted by atomic mass is 16.5. The van der Waals surface area contributed by atoms with E-state index in [9.17, 15) is 0 Å². The molecule has 1 heterocycles. The molecule has 1 aromatic carbocycles. The van der Waals surface area contributed by atoms with Crippen molar-refractivity contribution < 1.29 is 9.47 Å². The van der Waals surface area contributed by atoms with Gasteiger partial charge in [0, 0.05) is 18.7 Å². The third kappa shape index (κ3) is 3.93. The second kappa shape index (κ2) is 6.86. The summed E-state index contributed by atoms with van der Waals surface area (Å²) in [6.07, 6.45) is 0. The maximum atomic E-state index is 5.66. The molecule has 2 aromatic rings. The Hall–Kier alpha value is -2.14. The van der Waals surface area contributed by atoms with Crippen LogP contribution in [0.1, 0.15) is 19.5 Å². The van der Waals surface area contributed by atoms with Crippen LogP contribution in [0.3, 0.4) is 0 Å². The molecule has 0 fully saturated rings. The fourth-order valence-corrected chi connectivity index (χ4v) is 1.62. The lowest BCUT2D eigenvalue weighted by molar-refractivity contribution is 0.372. The highest BCUT2D eigenvalue weighted by Crippen LogP contribution is 2.29. The highest BCUT2D eigenvalue weighted by Gasteiger charge is 2.06. The van der Waals surface area contributed by atoms with Gasteiger partial charge in [0.2, 0.25) is 5.88 Å². The summed E-state index contributed by atoms with van der Waals surface area (Å²) in [5.41, 5.74) is 0.881. The Morgan fingerprint density at radius 1 is 1.05 bits per heavy atom. The van der Waals surface area contributed by atoms with Crippen LogP contribution in [0.25, 0.3) is 0 Å². The maximum Gasteiger partial charge on any atom is 0.239 e. The van der Waals surface area contributed by atoms with Gasteiger partial charge in [0.1, 0.15) is 0 Å². The average Bonchev–Trinajstić information content (AvgIpc) is 2.47. The first-order valence-corrected chi connectivity index (χ1v) is 6.56. The van der Waals surface area contributed by atoms with Crippen LogP contribution in [-0.4, -0.2) is 23.3 Å². The molecule has 0 aliphatic rings. The van der Waals surface area contributed by atoms with Gasteiger partial charge in [0.25, 0.3) is 0 Å². The minimum atomic E-state index is 0.418. The lowest BCUT2D eigenvalue weighted by Gasteiger charge is -2.09. The number of para-hydroxylation sites is 2. The SMILES string of the molecule is COc1ccccc1Oc1ccc(CNC(C)C)nn1. The van der Waals surface area contributed by atoms with Crippen molar-refractivity contribution in [2.24, 2.45) is 0 Å². The van der Waals surface area contributed by atoms with Crippen LogP contribution < -0.4 is 14.8 Å². The molecule has 5 heteroatoms. The highest BCUT2D eigenvalue weighted by molar-refractivity contribution is 5.41. The molecule has 0 radical (unpaired) electrons. The molecule has 0 atom stereocenters. The van der Waals surface area contributed by atoms with E-state index in [-0.39, 0.29) is 0 Å². The van der Waals surface area contributed by atoms with Crippen molar-refractivity contribution in [2.45, 2.75) is 26.4 Å². The maximum absolute atomic E-state index is 5.66. The minimum absolute atomic E-state index is 0.418. The number of benzene rings is 1. The van der Waals surface area contributed by atoms with E-state index < -0.39 is 0 Å². The van der Waals surface area contributed by atoms with E-state index >= 15 is 0 Å². The van der Waals surface area contributed by atoms with Crippen molar-refractivity contribution in [3.63, 3.8) is 0 Å². The van der Waals surface area contributed by atoms with Gasteiger partial charge in [-0.15, -0.1) is 5.10 Å². The molecule has 0 amide bonds. The number of hydrogen-bond donors (Lipinski definition) is 1. The van der Waals surface area contributed by atoms with E-state index in [0.29, 0.717) is 30.0 Å². The molecule has 0 saturated heterocycles. The minimum Gasteiger partial charge on any atom is -0.493 e. The van der Waals surface area contributed by atoms with Crippen molar-refractivity contribution in [3.05, 3.63) is 42.1 Å². The number of nitrogens with zero attached hydrogens (tertiary/aromatic N) is 2. The fourth-order valence-electron chi connectivity index (χ4n) is 1.62. The van der Waals surface area contributed by atoms with Gasteiger partial charge < -0.3 is 14.8 Å². The van der Waals surface area contributed by atoms with Crippen molar-refractivity contribution in [1.29, 1.82) is 0 Å². The quantitative estimate of drug-likeness (QED) is 0.877. The van der Waals surface area contributed by atoms with E-state index in [0.717, 1.165) is 5.69 Å². The van der Waals surface area contributed by atoms with Gasteiger partial charge in [-0.2, -0.15) is 5.10 Å². The van der Waals surface area contributed by atoms with Gasteiger partial charge >= 0.3 is 0 Å². The standard InChI is InChI=1S/C15H19N3O2/c1-11(2)16-10-12-8-9-15(18-17-12)20-14-7-5-4-6-13(14)19-3/h4-9,11,16H,10H2,1-3H3. The van der Waals surface area contributed by atoms with Crippen molar-refractivity contribution >= 4 is 0 Å². The zero-order valence-corrected chi connectivity index (χ0v) is 12.0. The Morgan fingerprint density at radius 2 is 1.80 bits per heavy atom. The van der Waals surface area contributed by atoms with Crippen LogP contribution in [0.5, 0.6) is 17.4 Å². The summed E-state index contributed by atoms with van der Waals surface area (Å²) in [4.78, 5) is 0. The van der Waals surface area contributed by atoms with E-state index in [1.165, 1.54) is 0 Å². The summed E-state index contributed by atoms with van der Waals surface area (Å²) in [5, 5.41) is 11.5. The first-order chi connectivity index (χ1) is 9.69. The van der Waals surface area contributed by atoms with Crippen LogP contribution in [0, 0.1) is 0 Å². The van der Waals surface area contributed by atoms with Crippen molar-refractivity contribution in [1.82, 2.24) is 15.5 Å². The second-order valence-corrected chi connectivity index (χ2v) is 4.65. The molecule has 0 aliphatic carbocycles. The van der Waals surface area contributed by atoms with Crippen molar-refractivity contribution in [2.75, 3.05) is 7.11 Å². The third-order valence-corrected chi connectivity index (χ3v) is 2.67. The Bertz CT molecular complexity index is 541. The number of methoxy groups -OCH3 is 1. The zero-order chi connectivity index (χ0) is 14.4. The fraction of sp³-hybridized carbons (Fsp3) is 0.333. The Kier molecular flexibility index (Phi) is 4.90. The van der Waals surface area contributed by atoms with Gasteiger partial charge in [-0.1, -0.05) is 26.0 Å². The number of aromatic nitrogens is 2. The lowest BCUT2D eigenvalue weighted by Crippen LogP contribution is -2.22. The molecule has 1 aromatic heterocycles. The van der Waals surface area contributed by atoms with Gasteiger partial charge in [0.05, 0.1) is 12.8 Å². The van der Waals surface area contributed by atoms with Crippen LogP contribution in [-0.2, 0) is 6.54 Å². The third-order valence-electron chi connectivity index (χ3n) is 2.67. The van der Waals surface area contributed by atoms with Crippen molar-refractivity contribution in [3.8, 4) is 17.4 Å². The summed E-state index contributed by atoms with van der Waals surface area (Å²) in [6.45, 7) is 4.87. The monoisotopic (exact) mass is 273 g/mol. The predicted molar refractivity (Wildman–Crippen MR) is 77.1 cm³/mol. The molecule has 0 saturated carbocycles. The topological polar surface area (TPSA) is 56.3 Å². The molecule has 0 aliphatic heterocycles. The van der Waals surface area contributed by atoms with Gasteiger partial charge in [-0.25, -0.2) is 0 Å². The Morgan fingerprint density at radius 3 is 2.40 bits per heavy atom. The summed E-state index contributed by atoms with van der Waals surface area (Å²) < 4.78 is 10.9. The predicted octanol–water partition coefficient (Wildman–Crippen LogP) is 2.78. The zero-order valence-electron chi connectivity index (χ0n) is 12.0. The Labute approximate surface area is 118 Å². The molecule has 106 valence electrons. The lowest BCUT2D eigenvalue weighted by atomic mass is 10.3. The van der Waals surface area contributed by atoms with E-state index in [1.807, 2.05) is 30.3 Å². The van der Waals surface area contributed by atoms with E-state index in [4.69, 9.17) is 9.47 Å². The van der Waals surface area contributed by atoms with Gasteiger partial charge in [0.15, 0.2) is 11.5 Å². The molecule has 0 bridgehead atoms. The molecule has 1 N–H and O–H groups in total. The molecular weight excluding hydrogens is 254 g/mol. The molecule has 5 nitrogen and oxygen atoms in total. The molecule has 0 unspecified atom stereocenters. The number of ether oxygens (including phenoxy) is 2. The first-order valence-electron chi connectivity index (χ1n) is 6.56. The van der Waals surface area contributed by atoms with Crippen LogP contribution >= 0.6 is 0 Å². The summed E-state index contributed by atoms with van der Waals surface area (Å²) in [6, 6.07) is 11.5. The van der Waals surface area contributed by atoms with Crippen LogP contribution in [0.4, 0.5) is 0 Å². The first kappa shape index (κ1) is 14.3. The number of rotatable bonds is 6. The van der Waals surface area contributed by atoms with Gasteiger partial charge in [-0.3, -0.25) is 0 Å². The number of hydrogen-bond acceptors (Lipinski definition) is 5. The smallest absolute Gasteiger partial charge is 0.239 e.